The van der Waals surface area contributed by atoms with Gasteiger partial charge in [0, 0.05) is 5.39 Å². The fourth-order valence-electron chi connectivity index (χ4n) is 3.92. The van der Waals surface area contributed by atoms with Crippen LogP contribution in [0, 0.1) is 5.41 Å². The molecule has 30 heavy (non-hydrogen) atoms. The molecule has 0 unspecified atom stereocenters. The standard InChI is InChI=1S/C24H29N3O3/c1-23(2,3)15-24(4,5)16-10-12-17(13-11-16)30-14-20(28)26-27-21-18-8-6-7-9-19(18)25-22(21)29/h6-13,25,29H,14-15H2,1-5H3. The van der Waals surface area contributed by atoms with Crippen LogP contribution in [0.3, 0.4) is 0 Å². The van der Waals surface area contributed by atoms with Crippen LogP contribution in [0.1, 0.15) is 46.6 Å². The number of benzene rings is 2. The number of aromatic nitrogens is 1. The summed E-state index contributed by atoms with van der Waals surface area (Å²) < 4.78 is 5.55. The van der Waals surface area contributed by atoms with Crippen molar-refractivity contribution in [3.63, 3.8) is 0 Å². The summed E-state index contributed by atoms with van der Waals surface area (Å²) in [4.78, 5) is 14.9. The molecule has 0 aliphatic heterocycles. The molecule has 0 saturated carbocycles. The van der Waals surface area contributed by atoms with Crippen molar-refractivity contribution < 1.29 is 14.6 Å². The molecule has 0 bridgehead atoms. The predicted octanol–water partition coefficient (Wildman–Crippen LogP) is 6.28. The normalized spacial score (nSPS) is 12.6. The van der Waals surface area contributed by atoms with Crippen molar-refractivity contribution in [1.29, 1.82) is 0 Å². The highest BCUT2D eigenvalue weighted by Gasteiger charge is 2.27. The van der Waals surface area contributed by atoms with E-state index >= 15 is 0 Å². The van der Waals surface area contributed by atoms with Crippen molar-refractivity contribution in [1.82, 2.24) is 4.98 Å². The minimum absolute atomic E-state index is 0.0438. The van der Waals surface area contributed by atoms with Crippen LogP contribution in [0.5, 0.6) is 11.6 Å². The quantitative estimate of drug-likeness (QED) is 0.472. The lowest BCUT2D eigenvalue weighted by Gasteiger charge is -2.33. The summed E-state index contributed by atoms with van der Waals surface area (Å²) in [6.45, 7) is 11.0. The van der Waals surface area contributed by atoms with E-state index in [9.17, 15) is 9.90 Å². The highest BCUT2D eigenvalue weighted by Crippen LogP contribution is 2.37. The molecule has 2 aromatic carbocycles. The van der Waals surface area contributed by atoms with Gasteiger partial charge in [0.1, 0.15) is 5.75 Å². The monoisotopic (exact) mass is 407 g/mol. The lowest BCUT2D eigenvalue weighted by Crippen LogP contribution is -2.24. The van der Waals surface area contributed by atoms with Gasteiger partial charge in [-0.1, -0.05) is 65.0 Å². The third-order valence-electron chi connectivity index (χ3n) is 4.89. The molecule has 3 rings (SSSR count). The number of azo groups is 1. The van der Waals surface area contributed by atoms with Crippen LogP contribution in [0.4, 0.5) is 5.69 Å². The maximum Gasteiger partial charge on any atom is 0.302 e. The Morgan fingerprint density at radius 3 is 2.37 bits per heavy atom. The number of rotatable bonds is 6. The van der Waals surface area contributed by atoms with Gasteiger partial charge in [-0.05, 0) is 41.0 Å². The number of nitrogens with one attached hydrogen (secondary N) is 1. The third kappa shape index (κ3) is 5.26. The van der Waals surface area contributed by atoms with Crippen molar-refractivity contribution in [2.75, 3.05) is 6.61 Å². The lowest BCUT2D eigenvalue weighted by atomic mass is 9.72. The molecule has 1 heterocycles. The number of nitrogens with zero attached hydrogens (tertiary/aromatic N) is 2. The van der Waals surface area contributed by atoms with Gasteiger partial charge in [0.15, 0.2) is 12.3 Å². The Kier molecular flexibility index (Phi) is 5.97. The van der Waals surface area contributed by atoms with E-state index < -0.39 is 5.91 Å². The molecule has 6 nitrogen and oxygen atoms in total. The topological polar surface area (TPSA) is 87.0 Å². The third-order valence-corrected chi connectivity index (χ3v) is 4.89. The van der Waals surface area contributed by atoms with E-state index in [0.717, 1.165) is 11.9 Å². The second-order valence-corrected chi connectivity index (χ2v) is 9.40. The molecular weight excluding hydrogens is 378 g/mol. The lowest BCUT2D eigenvalue weighted by molar-refractivity contribution is -0.120. The van der Waals surface area contributed by atoms with Gasteiger partial charge < -0.3 is 14.8 Å². The number of carbonyl (C=O) groups excluding carboxylic acids is 1. The van der Waals surface area contributed by atoms with E-state index in [1.165, 1.54) is 5.56 Å². The number of aromatic hydroxyl groups is 1. The summed E-state index contributed by atoms with van der Waals surface area (Å²) in [6.07, 6.45) is 1.06. The Hall–Kier alpha value is -3.15. The van der Waals surface area contributed by atoms with Crippen LogP contribution >= 0.6 is 0 Å². The number of amides is 1. The van der Waals surface area contributed by atoms with Crippen LogP contribution in [0.25, 0.3) is 10.9 Å². The number of fused-ring (bicyclic) bond motifs is 1. The van der Waals surface area contributed by atoms with Crippen LogP contribution in [-0.2, 0) is 10.2 Å². The number of H-pyrrole nitrogens is 1. The number of hydrogen-bond acceptors (Lipinski definition) is 4. The molecule has 0 fully saturated rings. The maximum absolute atomic E-state index is 12.1. The van der Waals surface area contributed by atoms with Gasteiger partial charge >= 0.3 is 5.91 Å². The molecule has 0 radical (unpaired) electrons. The fourth-order valence-corrected chi connectivity index (χ4v) is 3.92. The fraction of sp³-hybridized carbons (Fsp3) is 0.375. The molecular formula is C24H29N3O3. The first-order chi connectivity index (χ1) is 14.0. The summed E-state index contributed by atoms with van der Waals surface area (Å²) in [5.74, 6) is -0.0530. The van der Waals surface area contributed by atoms with E-state index in [1.54, 1.807) is 6.07 Å². The number of ether oxygens (including phenoxy) is 1. The van der Waals surface area contributed by atoms with Gasteiger partial charge in [-0.15, -0.1) is 10.2 Å². The molecule has 0 aliphatic rings. The van der Waals surface area contributed by atoms with Crippen LogP contribution < -0.4 is 4.74 Å². The van der Waals surface area contributed by atoms with Crippen molar-refractivity contribution in [3.8, 4) is 11.6 Å². The summed E-state index contributed by atoms with van der Waals surface area (Å²) >= 11 is 0. The van der Waals surface area contributed by atoms with Crippen molar-refractivity contribution in [2.24, 2.45) is 15.6 Å². The van der Waals surface area contributed by atoms with Gasteiger partial charge in [-0.25, -0.2) is 0 Å². The first-order valence-corrected chi connectivity index (χ1v) is 10.0. The van der Waals surface area contributed by atoms with Gasteiger partial charge in [-0.3, -0.25) is 4.79 Å². The maximum atomic E-state index is 12.1. The van der Waals surface area contributed by atoms with E-state index in [-0.39, 0.29) is 29.0 Å². The molecule has 1 amide bonds. The molecule has 6 heteroatoms. The van der Waals surface area contributed by atoms with Crippen LogP contribution in [0.15, 0.2) is 58.8 Å². The zero-order valence-corrected chi connectivity index (χ0v) is 18.2. The number of para-hydroxylation sites is 1. The van der Waals surface area contributed by atoms with Crippen LogP contribution in [-0.4, -0.2) is 22.6 Å². The number of aromatic amines is 1. The smallest absolute Gasteiger partial charge is 0.302 e. The van der Waals surface area contributed by atoms with Gasteiger partial charge in [0.05, 0.1) is 5.52 Å². The second-order valence-electron chi connectivity index (χ2n) is 9.40. The zero-order valence-electron chi connectivity index (χ0n) is 18.2. The first kappa shape index (κ1) is 21.6. The van der Waals surface area contributed by atoms with Gasteiger partial charge in [0.2, 0.25) is 5.88 Å². The van der Waals surface area contributed by atoms with Gasteiger partial charge in [-0.2, -0.15) is 0 Å². The first-order valence-electron chi connectivity index (χ1n) is 10.0. The van der Waals surface area contributed by atoms with E-state index in [0.29, 0.717) is 11.1 Å². The summed E-state index contributed by atoms with van der Waals surface area (Å²) in [5, 5.41) is 18.2. The van der Waals surface area contributed by atoms with Crippen molar-refractivity contribution >= 4 is 22.5 Å². The Labute approximate surface area is 177 Å². The molecule has 0 atom stereocenters. The molecule has 0 saturated heterocycles. The Bertz CT molecular complexity index is 1060. The second kappa shape index (κ2) is 8.30. The molecule has 0 aliphatic carbocycles. The van der Waals surface area contributed by atoms with Gasteiger partial charge in [0.25, 0.3) is 0 Å². The minimum atomic E-state index is -0.531. The van der Waals surface area contributed by atoms with Crippen molar-refractivity contribution in [2.45, 2.75) is 46.5 Å². The minimum Gasteiger partial charge on any atom is -0.493 e. The molecule has 158 valence electrons. The summed E-state index contributed by atoms with van der Waals surface area (Å²) in [5.41, 5.74) is 2.47. The zero-order chi connectivity index (χ0) is 21.9. The SMILES string of the molecule is CC(C)(C)CC(C)(C)c1ccc(OCC(=O)N=Nc2c(O)[nH]c3ccccc23)cc1. The average molecular weight is 408 g/mol. The summed E-state index contributed by atoms with van der Waals surface area (Å²) in [7, 11) is 0. The highest BCUT2D eigenvalue weighted by molar-refractivity contribution is 5.94. The number of carbonyl (C=O) groups is 1. The van der Waals surface area contributed by atoms with E-state index in [4.69, 9.17) is 4.74 Å². The molecule has 1 aromatic heterocycles. The Morgan fingerprint density at radius 1 is 1.03 bits per heavy atom. The largest absolute Gasteiger partial charge is 0.493 e. The number of hydrogen-bond donors (Lipinski definition) is 2. The van der Waals surface area contributed by atoms with Crippen molar-refractivity contribution in [3.05, 3.63) is 54.1 Å². The van der Waals surface area contributed by atoms with E-state index in [1.807, 2.05) is 42.5 Å². The van der Waals surface area contributed by atoms with E-state index in [2.05, 4.69) is 49.8 Å². The molecule has 0 spiro atoms. The predicted molar refractivity (Wildman–Crippen MR) is 119 cm³/mol. The molecule has 3 aromatic rings. The Balaban J connectivity index is 1.61. The highest BCUT2D eigenvalue weighted by atomic mass is 16.5. The Morgan fingerprint density at radius 2 is 1.70 bits per heavy atom. The average Bonchev–Trinajstić information content (AvgIpc) is 2.98. The summed E-state index contributed by atoms with van der Waals surface area (Å²) in [6, 6.07) is 15.1. The van der Waals surface area contributed by atoms with Crippen LogP contribution in [0.2, 0.25) is 0 Å². The molecule has 2 N–H and O–H groups in total.